The fraction of sp³-hybridized carbons (Fsp3) is 0.476. The van der Waals surface area contributed by atoms with Crippen LogP contribution in [0, 0.1) is 6.92 Å². The van der Waals surface area contributed by atoms with Gasteiger partial charge in [-0.3, -0.25) is 0 Å². The molecule has 0 saturated carbocycles. The molecule has 2 aliphatic heterocycles. The van der Waals surface area contributed by atoms with Crippen LogP contribution >= 0.6 is 0 Å². The summed E-state index contributed by atoms with van der Waals surface area (Å²) >= 11 is 0. The van der Waals surface area contributed by atoms with Gasteiger partial charge in [0.1, 0.15) is 17.4 Å². The van der Waals surface area contributed by atoms with Gasteiger partial charge in [0.15, 0.2) is 17.3 Å². The zero-order valence-corrected chi connectivity index (χ0v) is 16.5. The van der Waals surface area contributed by atoms with Crippen LogP contribution in [-0.2, 0) is 0 Å². The molecule has 29 heavy (non-hydrogen) atoms. The van der Waals surface area contributed by atoms with Crippen molar-refractivity contribution in [1.29, 1.82) is 0 Å². The molecule has 152 valence electrons. The average Bonchev–Trinajstić information content (AvgIpc) is 3.09. The van der Waals surface area contributed by atoms with Crippen LogP contribution in [0.2, 0.25) is 0 Å². The summed E-state index contributed by atoms with van der Waals surface area (Å²) in [6.07, 6.45) is 2.90. The number of alkyl halides is 1. The maximum Gasteiger partial charge on any atom is 0.192 e. The highest BCUT2D eigenvalue weighted by Crippen LogP contribution is 2.34. The quantitative estimate of drug-likeness (QED) is 0.701. The predicted octanol–water partition coefficient (Wildman–Crippen LogP) is 3.36. The minimum absolute atomic E-state index is 0.0659. The van der Waals surface area contributed by atoms with E-state index in [2.05, 4.69) is 20.5 Å². The fourth-order valence-electron chi connectivity index (χ4n) is 4.66. The molecular formula is C21H24FN5O2. The van der Waals surface area contributed by atoms with Gasteiger partial charge in [-0.2, -0.15) is 0 Å². The molecule has 2 aliphatic rings. The molecule has 4 atom stereocenters. The van der Waals surface area contributed by atoms with E-state index in [0.717, 1.165) is 25.7 Å². The lowest BCUT2D eigenvalue weighted by Gasteiger charge is -2.46. The zero-order valence-electron chi connectivity index (χ0n) is 16.5. The first-order valence-electron chi connectivity index (χ1n) is 10.1. The van der Waals surface area contributed by atoms with Gasteiger partial charge in [-0.15, -0.1) is 10.2 Å². The minimum Gasteiger partial charge on any atom is -0.507 e. The number of halogens is 1. The second kappa shape index (κ2) is 6.95. The van der Waals surface area contributed by atoms with Crippen LogP contribution < -0.4 is 10.2 Å². The molecular weight excluding hydrogens is 373 g/mol. The Bertz CT molecular complexity index is 1040. The van der Waals surface area contributed by atoms with Crippen molar-refractivity contribution < 1.29 is 13.9 Å². The number of benzene rings is 1. The number of hydrogen-bond acceptors (Lipinski definition) is 7. The number of aryl methyl sites for hydroxylation is 1. The Hall–Kier alpha value is -2.74. The molecule has 4 heterocycles. The summed E-state index contributed by atoms with van der Waals surface area (Å²) in [6, 6.07) is 6.97. The monoisotopic (exact) mass is 397 g/mol. The average molecular weight is 397 g/mol. The molecule has 5 rings (SSSR count). The van der Waals surface area contributed by atoms with E-state index in [9.17, 15) is 5.11 Å². The predicted molar refractivity (Wildman–Crippen MR) is 108 cm³/mol. The van der Waals surface area contributed by atoms with Gasteiger partial charge in [-0.1, -0.05) is 6.42 Å². The Labute approximate surface area is 167 Å². The third-order valence-electron chi connectivity index (χ3n) is 6.19. The Balaban J connectivity index is 1.41. The fourth-order valence-corrected chi connectivity index (χ4v) is 4.66. The van der Waals surface area contributed by atoms with Crippen LogP contribution in [-0.4, -0.2) is 51.6 Å². The Morgan fingerprint density at radius 2 is 2.10 bits per heavy atom. The second-order valence-corrected chi connectivity index (χ2v) is 8.11. The number of aromatic nitrogens is 3. The van der Waals surface area contributed by atoms with E-state index in [1.165, 1.54) is 0 Å². The molecule has 8 heteroatoms. The van der Waals surface area contributed by atoms with Crippen molar-refractivity contribution >= 4 is 16.9 Å². The Morgan fingerprint density at radius 3 is 2.90 bits per heavy atom. The van der Waals surface area contributed by atoms with E-state index < -0.39 is 6.17 Å². The summed E-state index contributed by atoms with van der Waals surface area (Å²) in [6.45, 7) is 1.76. The largest absolute Gasteiger partial charge is 0.507 e. The SMILES string of the molecule is Cc1nc2cc(O)c(-c3ccc(N(C)C4CC5CCCC(N5)C4F)nn3)cc2o1. The normalized spacial score (nSPS) is 26.6. The van der Waals surface area contributed by atoms with Crippen LogP contribution in [0.4, 0.5) is 10.2 Å². The molecule has 2 fully saturated rings. The summed E-state index contributed by atoms with van der Waals surface area (Å²) in [5.74, 6) is 1.22. The van der Waals surface area contributed by atoms with Gasteiger partial charge >= 0.3 is 0 Å². The van der Waals surface area contributed by atoms with E-state index in [1.807, 2.05) is 18.0 Å². The smallest absolute Gasteiger partial charge is 0.192 e. The highest BCUT2D eigenvalue weighted by molar-refractivity contribution is 5.83. The van der Waals surface area contributed by atoms with E-state index in [4.69, 9.17) is 4.42 Å². The first-order chi connectivity index (χ1) is 14.0. The van der Waals surface area contributed by atoms with Crippen LogP contribution in [0.25, 0.3) is 22.4 Å². The van der Waals surface area contributed by atoms with Gasteiger partial charge in [0.05, 0.1) is 11.7 Å². The van der Waals surface area contributed by atoms with Crippen LogP contribution in [0.15, 0.2) is 28.7 Å². The Morgan fingerprint density at radius 1 is 1.24 bits per heavy atom. The number of piperidine rings is 2. The van der Waals surface area contributed by atoms with E-state index in [0.29, 0.717) is 40.1 Å². The molecule has 2 bridgehead atoms. The van der Waals surface area contributed by atoms with Crippen molar-refractivity contribution in [3.05, 3.63) is 30.2 Å². The van der Waals surface area contributed by atoms with Gasteiger partial charge in [0, 0.05) is 37.7 Å². The van der Waals surface area contributed by atoms with Gasteiger partial charge in [-0.05, 0) is 37.5 Å². The standard InChI is InChI=1S/C21H24FN5O2/c1-11-23-16-10-18(28)13(9-19(16)29-11)14-6-7-20(26-25-14)27(2)17-8-12-4-3-5-15(24-12)21(17)22/h6-7,9-10,12,15,17,21,24,28H,3-5,8H2,1-2H3. The third-order valence-corrected chi connectivity index (χ3v) is 6.19. The number of anilines is 1. The number of rotatable bonds is 3. The molecule has 2 saturated heterocycles. The van der Waals surface area contributed by atoms with E-state index in [1.54, 1.807) is 25.1 Å². The maximum atomic E-state index is 15.0. The van der Waals surface area contributed by atoms with Crippen LogP contribution in [0.3, 0.4) is 0 Å². The number of hydrogen-bond donors (Lipinski definition) is 2. The first kappa shape index (κ1) is 18.3. The molecule has 0 radical (unpaired) electrons. The minimum atomic E-state index is -0.931. The summed E-state index contributed by atoms with van der Waals surface area (Å²) in [5, 5.41) is 22.4. The second-order valence-electron chi connectivity index (χ2n) is 8.11. The van der Waals surface area contributed by atoms with Crippen molar-refractivity contribution in [2.24, 2.45) is 0 Å². The van der Waals surface area contributed by atoms with Crippen molar-refractivity contribution in [2.75, 3.05) is 11.9 Å². The first-order valence-corrected chi connectivity index (χ1v) is 10.1. The highest BCUT2D eigenvalue weighted by atomic mass is 19.1. The number of phenolic OH excluding ortho intramolecular Hbond substituents is 1. The summed E-state index contributed by atoms with van der Waals surface area (Å²) < 4.78 is 20.5. The molecule has 7 nitrogen and oxygen atoms in total. The summed E-state index contributed by atoms with van der Waals surface area (Å²) in [5.41, 5.74) is 2.23. The highest BCUT2D eigenvalue weighted by Gasteiger charge is 2.41. The van der Waals surface area contributed by atoms with Crippen molar-refractivity contribution in [2.45, 2.75) is 56.9 Å². The molecule has 1 aromatic carbocycles. The van der Waals surface area contributed by atoms with Crippen molar-refractivity contribution in [1.82, 2.24) is 20.5 Å². The lowest BCUT2D eigenvalue weighted by molar-refractivity contribution is 0.107. The molecule has 2 aromatic heterocycles. The summed E-state index contributed by atoms with van der Waals surface area (Å²) in [7, 11) is 1.88. The number of nitrogens with zero attached hydrogens (tertiary/aromatic N) is 4. The number of fused-ring (bicyclic) bond motifs is 3. The maximum absolute atomic E-state index is 15.0. The molecule has 2 N–H and O–H groups in total. The van der Waals surface area contributed by atoms with Crippen LogP contribution in [0.5, 0.6) is 5.75 Å². The van der Waals surface area contributed by atoms with Crippen molar-refractivity contribution in [3.8, 4) is 17.0 Å². The number of nitrogens with one attached hydrogen (secondary N) is 1. The zero-order chi connectivity index (χ0) is 20.1. The third kappa shape index (κ3) is 3.21. The summed E-state index contributed by atoms with van der Waals surface area (Å²) in [4.78, 5) is 6.12. The van der Waals surface area contributed by atoms with Gasteiger partial charge < -0.3 is 19.7 Å². The van der Waals surface area contributed by atoms with Crippen molar-refractivity contribution in [3.63, 3.8) is 0 Å². The molecule has 0 amide bonds. The van der Waals surface area contributed by atoms with Gasteiger partial charge in [0.2, 0.25) is 0 Å². The number of phenols is 1. The van der Waals surface area contributed by atoms with E-state index in [-0.39, 0.29) is 17.8 Å². The van der Waals surface area contributed by atoms with E-state index >= 15 is 4.39 Å². The van der Waals surface area contributed by atoms with Crippen LogP contribution in [0.1, 0.15) is 31.6 Å². The van der Waals surface area contributed by atoms with Gasteiger partial charge in [-0.25, -0.2) is 9.37 Å². The lowest BCUT2D eigenvalue weighted by Crippen LogP contribution is -2.61. The number of oxazole rings is 1. The molecule has 0 aliphatic carbocycles. The number of aromatic hydroxyl groups is 1. The molecule has 4 unspecified atom stereocenters. The Kier molecular flexibility index (Phi) is 4.38. The molecule has 3 aromatic rings. The topological polar surface area (TPSA) is 87.3 Å². The molecule has 0 spiro atoms. The lowest BCUT2D eigenvalue weighted by atomic mass is 9.82. The van der Waals surface area contributed by atoms with Gasteiger partial charge in [0.25, 0.3) is 0 Å².